The third-order valence-electron chi connectivity index (χ3n) is 3.17. The van der Waals surface area contributed by atoms with Gasteiger partial charge in [-0.3, -0.25) is 0 Å². The molecule has 0 N–H and O–H groups in total. The molecule has 1 aliphatic carbocycles. The second-order valence-electron chi connectivity index (χ2n) is 4.17. The van der Waals surface area contributed by atoms with Crippen molar-refractivity contribution in [1.82, 2.24) is 9.97 Å². The molecule has 3 heteroatoms. The van der Waals surface area contributed by atoms with E-state index in [4.69, 9.17) is 4.98 Å². The van der Waals surface area contributed by atoms with E-state index >= 15 is 0 Å². The molecule has 0 aromatic carbocycles. The Morgan fingerprint density at radius 1 is 1.40 bits per heavy atom. The summed E-state index contributed by atoms with van der Waals surface area (Å²) >= 11 is 3.48. The van der Waals surface area contributed by atoms with Gasteiger partial charge in [0.15, 0.2) is 0 Å². The average Bonchev–Trinajstić information content (AvgIpc) is 2.81. The molecule has 1 aromatic rings. The van der Waals surface area contributed by atoms with Crippen LogP contribution in [0.25, 0.3) is 0 Å². The van der Waals surface area contributed by atoms with Crippen LogP contribution in [0.1, 0.15) is 55.6 Å². The van der Waals surface area contributed by atoms with Crippen LogP contribution < -0.4 is 0 Å². The zero-order chi connectivity index (χ0) is 10.7. The first kappa shape index (κ1) is 11.1. The van der Waals surface area contributed by atoms with Gasteiger partial charge in [0.2, 0.25) is 0 Å². The number of hydrogen-bond acceptors (Lipinski definition) is 2. The summed E-state index contributed by atoms with van der Waals surface area (Å²) in [6.45, 7) is 2.16. The van der Waals surface area contributed by atoms with Crippen LogP contribution in [0.2, 0.25) is 0 Å². The third kappa shape index (κ3) is 2.39. The van der Waals surface area contributed by atoms with Gasteiger partial charge >= 0.3 is 0 Å². The van der Waals surface area contributed by atoms with E-state index in [1.54, 1.807) is 0 Å². The maximum Gasteiger partial charge on any atom is 0.131 e. The molecule has 0 bridgehead atoms. The zero-order valence-electron chi connectivity index (χ0n) is 9.17. The maximum atomic E-state index is 4.70. The molecule has 0 radical (unpaired) electrons. The monoisotopic (exact) mass is 268 g/mol. The number of hydrogen-bond donors (Lipinski definition) is 0. The van der Waals surface area contributed by atoms with Crippen LogP contribution in [0, 0.1) is 0 Å². The van der Waals surface area contributed by atoms with Gasteiger partial charge in [0, 0.05) is 28.7 Å². The molecule has 1 aromatic heterocycles. The Morgan fingerprint density at radius 3 is 2.73 bits per heavy atom. The standard InChI is InChI=1S/C12H17BrN2/c1-2-11-10(7-13)8-14-12(15-11)9-5-3-4-6-9/h8-9H,2-7H2,1H3. The number of aromatic nitrogens is 2. The van der Waals surface area contributed by atoms with Gasteiger partial charge in [-0.05, 0) is 19.3 Å². The Hall–Kier alpha value is -0.440. The number of alkyl halides is 1. The Bertz CT molecular complexity index is 332. The molecule has 0 spiro atoms. The second kappa shape index (κ2) is 5.06. The van der Waals surface area contributed by atoms with E-state index in [-0.39, 0.29) is 0 Å². The normalized spacial score (nSPS) is 17.2. The van der Waals surface area contributed by atoms with Crippen LogP contribution in [0.15, 0.2) is 6.20 Å². The topological polar surface area (TPSA) is 25.8 Å². The van der Waals surface area contributed by atoms with Crippen LogP contribution in [0.5, 0.6) is 0 Å². The molecule has 0 saturated heterocycles. The van der Waals surface area contributed by atoms with Crippen LogP contribution in [0.4, 0.5) is 0 Å². The third-order valence-corrected chi connectivity index (χ3v) is 3.78. The minimum absolute atomic E-state index is 0.625. The summed E-state index contributed by atoms with van der Waals surface area (Å²) in [6, 6.07) is 0. The lowest BCUT2D eigenvalue weighted by atomic mass is 10.1. The molecule has 0 unspecified atom stereocenters. The van der Waals surface area contributed by atoms with Gasteiger partial charge < -0.3 is 0 Å². The fraction of sp³-hybridized carbons (Fsp3) is 0.667. The molecule has 0 aliphatic heterocycles. The van der Waals surface area contributed by atoms with Crippen molar-refractivity contribution in [3.63, 3.8) is 0 Å². The van der Waals surface area contributed by atoms with Gasteiger partial charge in [0.05, 0.1) is 0 Å². The Morgan fingerprint density at radius 2 is 2.13 bits per heavy atom. The summed E-state index contributed by atoms with van der Waals surface area (Å²) in [4.78, 5) is 9.20. The van der Waals surface area contributed by atoms with Crippen molar-refractivity contribution in [2.45, 2.75) is 50.3 Å². The molecule has 15 heavy (non-hydrogen) atoms. The van der Waals surface area contributed by atoms with Crippen molar-refractivity contribution in [2.75, 3.05) is 0 Å². The van der Waals surface area contributed by atoms with Crippen molar-refractivity contribution < 1.29 is 0 Å². The predicted molar refractivity (Wildman–Crippen MR) is 65.3 cm³/mol. The summed E-state index contributed by atoms with van der Waals surface area (Å²) in [5, 5.41) is 0.862. The van der Waals surface area contributed by atoms with Crippen LogP contribution in [-0.4, -0.2) is 9.97 Å². The molecule has 1 aliphatic rings. The highest BCUT2D eigenvalue weighted by Crippen LogP contribution is 2.32. The van der Waals surface area contributed by atoms with Gasteiger partial charge in [-0.25, -0.2) is 9.97 Å². The molecular weight excluding hydrogens is 252 g/mol. The SMILES string of the molecule is CCc1nc(C2CCCC2)ncc1CBr. The molecule has 2 nitrogen and oxygen atoms in total. The van der Waals surface area contributed by atoms with E-state index in [0.717, 1.165) is 17.6 Å². The maximum absolute atomic E-state index is 4.70. The van der Waals surface area contributed by atoms with Crippen LogP contribution in [-0.2, 0) is 11.8 Å². The highest BCUT2D eigenvalue weighted by atomic mass is 79.9. The van der Waals surface area contributed by atoms with Crippen molar-refractivity contribution in [3.05, 3.63) is 23.3 Å². The number of aryl methyl sites for hydroxylation is 1. The van der Waals surface area contributed by atoms with Gasteiger partial charge in [-0.2, -0.15) is 0 Å². The predicted octanol–water partition coefficient (Wildman–Crippen LogP) is 3.59. The molecule has 2 rings (SSSR count). The molecular formula is C12H17BrN2. The molecule has 0 atom stereocenters. The van der Waals surface area contributed by atoms with E-state index in [2.05, 4.69) is 27.8 Å². The van der Waals surface area contributed by atoms with E-state index in [1.165, 1.54) is 36.9 Å². The van der Waals surface area contributed by atoms with Gasteiger partial charge in [-0.15, -0.1) is 0 Å². The first-order valence-corrected chi connectivity index (χ1v) is 6.88. The minimum Gasteiger partial charge on any atom is -0.241 e. The molecule has 0 amide bonds. The molecule has 82 valence electrons. The van der Waals surface area contributed by atoms with Gasteiger partial charge in [0.1, 0.15) is 5.82 Å². The zero-order valence-corrected chi connectivity index (χ0v) is 10.8. The lowest BCUT2D eigenvalue weighted by Crippen LogP contribution is -2.05. The smallest absolute Gasteiger partial charge is 0.131 e. The first-order valence-electron chi connectivity index (χ1n) is 5.75. The fourth-order valence-corrected chi connectivity index (χ4v) is 2.72. The number of halogens is 1. The van der Waals surface area contributed by atoms with E-state index < -0.39 is 0 Å². The van der Waals surface area contributed by atoms with Crippen molar-refractivity contribution in [2.24, 2.45) is 0 Å². The quantitative estimate of drug-likeness (QED) is 0.784. The van der Waals surface area contributed by atoms with Crippen molar-refractivity contribution >= 4 is 15.9 Å². The largest absolute Gasteiger partial charge is 0.241 e. The van der Waals surface area contributed by atoms with Crippen LogP contribution in [0.3, 0.4) is 0 Å². The van der Waals surface area contributed by atoms with E-state index in [9.17, 15) is 0 Å². The number of nitrogens with zero attached hydrogens (tertiary/aromatic N) is 2. The summed E-state index contributed by atoms with van der Waals surface area (Å²) < 4.78 is 0. The Labute approximate surface area is 99.7 Å². The first-order chi connectivity index (χ1) is 7.35. The van der Waals surface area contributed by atoms with Crippen molar-refractivity contribution in [1.29, 1.82) is 0 Å². The van der Waals surface area contributed by atoms with Crippen LogP contribution >= 0.6 is 15.9 Å². The fourth-order valence-electron chi connectivity index (χ4n) is 2.26. The average molecular weight is 269 g/mol. The summed E-state index contributed by atoms with van der Waals surface area (Å²) in [7, 11) is 0. The Kier molecular flexibility index (Phi) is 3.73. The number of rotatable bonds is 3. The van der Waals surface area contributed by atoms with E-state index in [0.29, 0.717) is 5.92 Å². The van der Waals surface area contributed by atoms with Crippen molar-refractivity contribution in [3.8, 4) is 0 Å². The molecule has 1 heterocycles. The molecule has 1 saturated carbocycles. The lowest BCUT2D eigenvalue weighted by Gasteiger charge is -2.10. The molecule has 1 fully saturated rings. The summed E-state index contributed by atoms with van der Waals surface area (Å²) in [5.74, 6) is 1.70. The minimum atomic E-state index is 0.625. The summed E-state index contributed by atoms with van der Waals surface area (Å²) in [6.07, 6.45) is 8.23. The van der Waals surface area contributed by atoms with Gasteiger partial charge in [-0.1, -0.05) is 35.7 Å². The van der Waals surface area contributed by atoms with Gasteiger partial charge in [0.25, 0.3) is 0 Å². The highest BCUT2D eigenvalue weighted by Gasteiger charge is 2.20. The van der Waals surface area contributed by atoms with E-state index in [1.807, 2.05) is 6.20 Å². The highest BCUT2D eigenvalue weighted by molar-refractivity contribution is 9.08. The summed E-state index contributed by atoms with van der Waals surface area (Å²) in [5.41, 5.74) is 2.45. The lowest BCUT2D eigenvalue weighted by molar-refractivity contribution is 0.658. The Balaban J connectivity index is 2.25. The second-order valence-corrected chi connectivity index (χ2v) is 4.73.